The number of nitrogens with zero attached hydrogens (tertiary/aromatic N) is 2. The first-order valence-corrected chi connectivity index (χ1v) is 6.48. The predicted octanol–water partition coefficient (Wildman–Crippen LogP) is 3.09. The van der Waals surface area contributed by atoms with E-state index in [1.54, 1.807) is 0 Å². The molecule has 0 N–H and O–H groups in total. The van der Waals surface area contributed by atoms with E-state index in [0.717, 1.165) is 31.5 Å². The van der Waals surface area contributed by atoms with Crippen molar-refractivity contribution in [1.82, 2.24) is 4.90 Å². The molecule has 0 radical (unpaired) electrons. The molecule has 0 bridgehead atoms. The van der Waals surface area contributed by atoms with Crippen molar-refractivity contribution in [2.75, 3.05) is 20.1 Å². The molecule has 0 saturated carbocycles. The van der Waals surface area contributed by atoms with Crippen molar-refractivity contribution in [2.45, 2.75) is 25.1 Å². The molecule has 0 spiro atoms. The fourth-order valence-corrected chi connectivity index (χ4v) is 2.33. The van der Waals surface area contributed by atoms with Gasteiger partial charge >= 0.3 is 11.9 Å². The summed E-state index contributed by atoms with van der Waals surface area (Å²) in [7, 11) is 1.90. The van der Waals surface area contributed by atoms with Gasteiger partial charge in [0, 0.05) is 12.6 Å². The Morgan fingerprint density at radius 3 is 2.71 bits per heavy atom. The van der Waals surface area contributed by atoms with E-state index in [4.69, 9.17) is 4.74 Å². The Morgan fingerprint density at radius 1 is 1.43 bits per heavy atom. The van der Waals surface area contributed by atoms with E-state index in [2.05, 4.69) is 0 Å². The van der Waals surface area contributed by atoms with E-state index >= 15 is 0 Å². The van der Waals surface area contributed by atoms with E-state index < -0.39 is 22.4 Å². The lowest BCUT2D eigenvalue weighted by Crippen LogP contribution is -2.38. The summed E-state index contributed by atoms with van der Waals surface area (Å²) in [6.07, 6.45) is -3.26. The maximum absolute atomic E-state index is 12.6. The molecule has 8 heteroatoms. The zero-order valence-corrected chi connectivity index (χ0v) is 11.4. The smallest absolute Gasteiger partial charge is 0.416 e. The number of alkyl halides is 3. The largest absolute Gasteiger partial charge is 0.482 e. The van der Waals surface area contributed by atoms with Gasteiger partial charge in [-0.2, -0.15) is 13.2 Å². The number of ether oxygens (including phenoxy) is 1. The van der Waals surface area contributed by atoms with Gasteiger partial charge in [-0.15, -0.1) is 0 Å². The molecule has 116 valence electrons. The monoisotopic (exact) mass is 304 g/mol. The maximum Gasteiger partial charge on any atom is 0.416 e. The zero-order chi connectivity index (χ0) is 15.6. The molecule has 1 aliphatic rings. The Hall–Kier alpha value is -1.83. The summed E-state index contributed by atoms with van der Waals surface area (Å²) in [5, 5.41) is 11.0. The van der Waals surface area contributed by atoms with Crippen LogP contribution in [0, 0.1) is 10.1 Å². The summed E-state index contributed by atoms with van der Waals surface area (Å²) in [5.41, 5.74) is -1.71. The standard InChI is InChI=1S/C13H15F3N2O3/c1-17-6-2-3-10(8-17)21-12-5-4-9(13(14,15)16)7-11(12)18(19)20/h4-5,7,10H,2-3,6,8H2,1H3. The Morgan fingerprint density at radius 2 is 2.14 bits per heavy atom. The summed E-state index contributed by atoms with van der Waals surface area (Å²) in [6.45, 7) is 1.51. The minimum Gasteiger partial charge on any atom is -0.482 e. The molecular formula is C13H15F3N2O3. The zero-order valence-electron chi connectivity index (χ0n) is 11.4. The quantitative estimate of drug-likeness (QED) is 0.636. The molecule has 0 aromatic heterocycles. The van der Waals surface area contributed by atoms with Crippen LogP contribution < -0.4 is 4.74 Å². The molecule has 1 aromatic rings. The second-order valence-electron chi connectivity index (χ2n) is 5.08. The fourth-order valence-electron chi connectivity index (χ4n) is 2.33. The van der Waals surface area contributed by atoms with Crippen LogP contribution in [0.2, 0.25) is 0 Å². The second kappa shape index (κ2) is 5.88. The maximum atomic E-state index is 12.6. The number of hydrogen-bond donors (Lipinski definition) is 0. The number of piperidine rings is 1. The molecular weight excluding hydrogens is 289 g/mol. The molecule has 1 aliphatic heterocycles. The molecule has 1 unspecified atom stereocenters. The van der Waals surface area contributed by atoms with Gasteiger partial charge in [-0.25, -0.2) is 0 Å². The summed E-state index contributed by atoms with van der Waals surface area (Å²) in [4.78, 5) is 12.1. The van der Waals surface area contributed by atoms with Gasteiger partial charge in [0.25, 0.3) is 0 Å². The second-order valence-corrected chi connectivity index (χ2v) is 5.08. The number of halogens is 3. The minimum atomic E-state index is -4.62. The first kappa shape index (κ1) is 15.6. The highest BCUT2D eigenvalue weighted by Gasteiger charge is 2.34. The van der Waals surface area contributed by atoms with Crippen LogP contribution >= 0.6 is 0 Å². The number of likely N-dealkylation sites (N-methyl/N-ethyl adjacent to an activating group) is 1. The number of nitro benzene ring substituents is 1. The summed E-state index contributed by atoms with van der Waals surface area (Å²) < 4.78 is 43.3. The van der Waals surface area contributed by atoms with Crippen molar-refractivity contribution >= 4 is 5.69 Å². The molecule has 1 saturated heterocycles. The van der Waals surface area contributed by atoms with Crippen LogP contribution in [0.25, 0.3) is 0 Å². The topological polar surface area (TPSA) is 55.6 Å². The minimum absolute atomic E-state index is 0.117. The van der Waals surface area contributed by atoms with Gasteiger partial charge in [0.05, 0.1) is 10.5 Å². The highest BCUT2D eigenvalue weighted by Crippen LogP contribution is 2.36. The van der Waals surface area contributed by atoms with Crippen LogP contribution in [0.5, 0.6) is 5.75 Å². The lowest BCUT2D eigenvalue weighted by atomic mass is 10.1. The third-order valence-corrected chi connectivity index (χ3v) is 3.36. The van der Waals surface area contributed by atoms with E-state index in [1.807, 2.05) is 11.9 Å². The Kier molecular flexibility index (Phi) is 4.36. The average Bonchev–Trinajstić information content (AvgIpc) is 2.37. The van der Waals surface area contributed by atoms with Gasteiger partial charge in [-0.3, -0.25) is 10.1 Å². The third kappa shape index (κ3) is 3.84. The van der Waals surface area contributed by atoms with Crippen LogP contribution in [0.4, 0.5) is 18.9 Å². The van der Waals surface area contributed by atoms with E-state index in [9.17, 15) is 23.3 Å². The molecule has 1 aromatic carbocycles. The van der Waals surface area contributed by atoms with Gasteiger partial charge in [0.1, 0.15) is 6.10 Å². The lowest BCUT2D eigenvalue weighted by molar-refractivity contribution is -0.386. The van der Waals surface area contributed by atoms with Crippen molar-refractivity contribution < 1.29 is 22.8 Å². The highest BCUT2D eigenvalue weighted by atomic mass is 19.4. The van der Waals surface area contributed by atoms with Gasteiger partial charge in [0.2, 0.25) is 0 Å². The Labute approximate surface area is 119 Å². The molecule has 0 amide bonds. The molecule has 5 nitrogen and oxygen atoms in total. The first-order valence-electron chi connectivity index (χ1n) is 6.48. The van der Waals surface area contributed by atoms with E-state index in [-0.39, 0.29) is 11.9 Å². The number of likely N-dealkylation sites (tertiary alicyclic amines) is 1. The van der Waals surface area contributed by atoms with Crippen molar-refractivity contribution in [1.29, 1.82) is 0 Å². The SMILES string of the molecule is CN1CCCC(Oc2ccc(C(F)(F)F)cc2[N+](=O)[O-])C1. The van der Waals surface area contributed by atoms with Crippen molar-refractivity contribution in [3.63, 3.8) is 0 Å². The van der Waals surface area contributed by atoms with Crippen LogP contribution in [-0.2, 0) is 6.18 Å². The van der Waals surface area contributed by atoms with Crippen LogP contribution in [0.1, 0.15) is 18.4 Å². The van der Waals surface area contributed by atoms with Gasteiger partial charge in [-0.1, -0.05) is 0 Å². The van der Waals surface area contributed by atoms with Gasteiger partial charge in [-0.05, 0) is 38.6 Å². The van der Waals surface area contributed by atoms with Gasteiger partial charge in [0.15, 0.2) is 5.75 Å². The molecule has 0 aliphatic carbocycles. The first-order chi connectivity index (χ1) is 9.77. The van der Waals surface area contributed by atoms with Crippen molar-refractivity contribution in [3.05, 3.63) is 33.9 Å². The summed E-state index contributed by atoms with van der Waals surface area (Å²) in [5.74, 6) is -0.117. The summed E-state index contributed by atoms with van der Waals surface area (Å²) >= 11 is 0. The summed E-state index contributed by atoms with van der Waals surface area (Å²) in [6, 6.07) is 2.34. The average molecular weight is 304 g/mol. The number of nitro groups is 1. The molecule has 21 heavy (non-hydrogen) atoms. The van der Waals surface area contributed by atoms with E-state index in [1.165, 1.54) is 0 Å². The van der Waals surface area contributed by atoms with Gasteiger partial charge < -0.3 is 9.64 Å². The molecule has 1 atom stereocenters. The highest BCUT2D eigenvalue weighted by molar-refractivity contribution is 5.49. The fraction of sp³-hybridized carbons (Fsp3) is 0.538. The molecule has 1 fully saturated rings. The molecule has 2 rings (SSSR count). The Bertz CT molecular complexity index is 534. The lowest BCUT2D eigenvalue weighted by Gasteiger charge is -2.29. The normalized spacial score (nSPS) is 20.3. The number of benzene rings is 1. The van der Waals surface area contributed by atoms with Crippen molar-refractivity contribution in [2.24, 2.45) is 0 Å². The molecule has 1 heterocycles. The third-order valence-electron chi connectivity index (χ3n) is 3.36. The predicted molar refractivity (Wildman–Crippen MR) is 69.2 cm³/mol. The number of hydrogen-bond acceptors (Lipinski definition) is 4. The van der Waals surface area contributed by atoms with Crippen LogP contribution in [-0.4, -0.2) is 36.1 Å². The van der Waals surface area contributed by atoms with Crippen molar-refractivity contribution in [3.8, 4) is 5.75 Å². The number of rotatable bonds is 3. The van der Waals surface area contributed by atoms with Crippen LogP contribution in [0.3, 0.4) is 0 Å². The van der Waals surface area contributed by atoms with E-state index in [0.29, 0.717) is 12.6 Å². The van der Waals surface area contributed by atoms with Crippen LogP contribution in [0.15, 0.2) is 18.2 Å². The Balaban J connectivity index is 2.24.